The van der Waals surface area contributed by atoms with E-state index in [0.717, 1.165) is 11.1 Å². The first-order valence-corrected chi connectivity index (χ1v) is 4.85. The molecule has 2 atom stereocenters. The molecule has 3 nitrogen and oxygen atoms in total. The fraction of sp³-hybridized carbons (Fsp3) is 0.333. The highest BCUT2D eigenvalue weighted by atomic mass is 16.4. The van der Waals surface area contributed by atoms with Crippen molar-refractivity contribution < 1.29 is 15.3 Å². The van der Waals surface area contributed by atoms with Crippen LogP contribution >= 0.6 is 0 Å². The molecule has 0 aromatic heterocycles. The molecule has 0 fully saturated rings. The van der Waals surface area contributed by atoms with Crippen molar-refractivity contribution in [3.8, 4) is 0 Å². The van der Waals surface area contributed by atoms with Gasteiger partial charge in [-0.25, -0.2) is 0 Å². The zero-order chi connectivity index (χ0) is 11.3. The minimum Gasteiger partial charge on any atom is -0.394 e. The van der Waals surface area contributed by atoms with Gasteiger partial charge in [-0.2, -0.15) is 0 Å². The van der Waals surface area contributed by atoms with E-state index in [-0.39, 0.29) is 0 Å². The predicted octanol–water partition coefficient (Wildman–Crippen LogP) is 0.586. The van der Waals surface area contributed by atoms with Gasteiger partial charge in [-0.05, 0) is 11.1 Å². The summed E-state index contributed by atoms with van der Waals surface area (Å²) in [4.78, 5) is 0. The molecule has 3 heteroatoms. The van der Waals surface area contributed by atoms with Gasteiger partial charge in [0.15, 0.2) is 0 Å². The molecule has 0 heterocycles. The molecule has 15 heavy (non-hydrogen) atoms. The van der Waals surface area contributed by atoms with Crippen molar-refractivity contribution in [3.63, 3.8) is 0 Å². The molecule has 82 valence electrons. The Balaban J connectivity index is 2.67. The van der Waals surface area contributed by atoms with Crippen LogP contribution in [-0.2, 0) is 6.42 Å². The maximum absolute atomic E-state index is 9.50. The Kier molecular flexibility index (Phi) is 4.49. The summed E-state index contributed by atoms with van der Waals surface area (Å²) in [6.45, 7) is 3.22. The van der Waals surface area contributed by atoms with Gasteiger partial charge in [0, 0.05) is 6.42 Å². The average molecular weight is 208 g/mol. The predicted molar refractivity (Wildman–Crippen MR) is 59.3 cm³/mol. The molecule has 3 N–H and O–H groups in total. The Morgan fingerprint density at radius 1 is 1.27 bits per heavy atom. The summed E-state index contributed by atoms with van der Waals surface area (Å²) in [5.74, 6) is 0. The van der Waals surface area contributed by atoms with E-state index in [0.29, 0.717) is 6.42 Å². The number of hydrogen-bond donors (Lipinski definition) is 3. The number of aliphatic hydroxyl groups is 3. The second kappa shape index (κ2) is 5.66. The molecule has 0 spiro atoms. The van der Waals surface area contributed by atoms with Crippen LogP contribution in [0.3, 0.4) is 0 Å². The van der Waals surface area contributed by atoms with Crippen LogP contribution in [0.1, 0.15) is 11.1 Å². The lowest BCUT2D eigenvalue weighted by Crippen LogP contribution is -2.31. The standard InChI is InChI=1S/C12H16O3/c1-2-9-4-3-5-10(6-9)7-11(14)12(15)8-13/h2-6,11-15H,1,7-8H2. The summed E-state index contributed by atoms with van der Waals surface area (Å²) >= 11 is 0. The molecule has 0 saturated carbocycles. The fourth-order valence-electron chi connectivity index (χ4n) is 1.35. The second-order valence-electron chi connectivity index (χ2n) is 3.47. The van der Waals surface area contributed by atoms with E-state index >= 15 is 0 Å². The lowest BCUT2D eigenvalue weighted by Gasteiger charge is -2.15. The van der Waals surface area contributed by atoms with E-state index in [4.69, 9.17) is 5.11 Å². The van der Waals surface area contributed by atoms with Gasteiger partial charge >= 0.3 is 0 Å². The van der Waals surface area contributed by atoms with Gasteiger partial charge in [-0.15, -0.1) is 0 Å². The minimum absolute atomic E-state index is 0.323. The van der Waals surface area contributed by atoms with Crippen molar-refractivity contribution in [2.75, 3.05) is 6.61 Å². The molecular formula is C12H16O3. The van der Waals surface area contributed by atoms with Crippen LogP contribution in [0.4, 0.5) is 0 Å². The summed E-state index contributed by atoms with van der Waals surface area (Å²) < 4.78 is 0. The molecule has 1 rings (SSSR count). The van der Waals surface area contributed by atoms with Crippen molar-refractivity contribution in [3.05, 3.63) is 42.0 Å². The van der Waals surface area contributed by atoms with Crippen LogP contribution in [0.2, 0.25) is 0 Å². The van der Waals surface area contributed by atoms with E-state index in [1.807, 2.05) is 24.3 Å². The lowest BCUT2D eigenvalue weighted by molar-refractivity contribution is -0.0132. The summed E-state index contributed by atoms with van der Waals surface area (Å²) in [5.41, 5.74) is 1.88. The van der Waals surface area contributed by atoms with E-state index in [1.54, 1.807) is 6.08 Å². The molecule has 0 aliphatic heterocycles. The molecule has 0 bridgehead atoms. The highest BCUT2D eigenvalue weighted by Crippen LogP contribution is 2.10. The molecule has 0 aliphatic carbocycles. The molecule has 0 aliphatic rings. The Morgan fingerprint density at radius 3 is 2.60 bits per heavy atom. The van der Waals surface area contributed by atoms with Gasteiger partial charge in [0.2, 0.25) is 0 Å². The Bertz CT molecular complexity index is 322. The molecule has 0 radical (unpaired) electrons. The van der Waals surface area contributed by atoms with Crippen LogP contribution < -0.4 is 0 Å². The third-order valence-corrected chi connectivity index (χ3v) is 2.26. The molecule has 0 amide bonds. The van der Waals surface area contributed by atoms with E-state index in [1.165, 1.54) is 0 Å². The summed E-state index contributed by atoms with van der Waals surface area (Å²) in [7, 11) is 0. The Labute approximate surface area is 89.3 Å². The lowest BCUT2D eigenvalue weighted by atomic mass is 10.0. The monoisotopic (exact) mass is 208 g/mol. The van der Waals surface area contributed by atoms with E-state index < -0.39 is 18.8 Å². The molecule has 1 aromatic carbocycles. The van der Waals surface area contributed by atoms with Crippen molar-refractivity contribution in [2.24, 2.45) is 0 Å². The number of benzene rings is 1. The highest BCUT2D eigenvalue weighted by Gasteiger charge is 2.15. The number of hydrogen-bond acceptors (Lipinski definition) is 3. The quantitative estimate of drug-likeness (QED) is 0.663. The summed E-state index contributed by atoms with van der Waals surface area (Å²) in [5, 5.41) is 27.4. The van der Waals surface area contributed by atoms with Crippen LogP contribution in [-0.4, -0.2) is 34.1 Å². The van der Waals surface area contributed by atoms with E-state index in [9.17, 15) is 10.2 Å². The van der Waals surface area contributed by atoms with Crippen molar-refractivity contribution >= 4 is 6.08 Å². The third-order valence-electron chi connectivity index (χ3n) is 2.26. The van der Waals surface area contributed by atoms with Gasteiger partial charge in [0.25, 0.3) is 0 Å². The summed E-state index contributed by atoms with van der Waals surface area (Å²) in [6, 6.07) is 7.52. The Morgan fingerprint density at radius 2 is 2.00 bits per heavy atom. The molecule has 0 saturated heterocycles. The maximum atomic E-state index is 9.50. The van der Waals surface area contributed by atoms with E-state index in [2.05, 4.69) is 6.58 Å². The average Bonchev–Trinajstić information content (AvgIpc) is 2.28. The first-order valence-electron chi connectivity index (χ1n) is 4.85. The fourth-order valence-corrected chi connectivity index (χ4v) is 1.35. The van der Waals surface area contributed by atoms with Gasteiger partial charge in [0.05, 0.1) is 12.7 Å². The number of aliphatic hydroxyl groups excluding tert-OH is 3. The van der Waals surface area contributed by atoms with Gasteiger partial charge < -0.3 is 15.3 Å². The van der Waals surface area contributed by atoms with Crippen LogP contribution in [0.5, 0.6) is 0 Å². The van der Waals surface area contributed by atoms with Gasteiger partial charge in [0.1, 0.15) is 6.10 Å². The smallest absolute Gasteiger partial charge is 0.103 e. The second-order valence-corrected chi connectivity index (χ2v) is 3.47. The SMILES string of the molecule is C=Cc1cccc(CC(O)C(O)CO)c1. The van der Waals surface area contributed by atoms with Crippen LogP contribution in [0, 0.1) is 0 Å². The molecule has 1 aromatic rings. The third kappa shape index (κ3) is 3.47. The minimum atomic E-state index is -1.09. The largest absolute Gasteiger partial charge is 0.394 e. The zero-order valence-corrected chi connectivity index (χ0v) is 8.50. The van der Waals surface area contributed by atoms with Crippen molar-refractivity contribution in [1.82, 2.24) is 0 Å². The molecular weight excluding hydrogens is 192 g/mol. The van der Waals surface area contributed by atoms with Crippen LogP contribution in [0.25, 0.3) is 6.08 Å². The molecule has 2 unspecified atom stereocenters. The Hall–Kier alpha value is -1.16. The maximum Gasteiger partial charge on any atom is 0.103 e. The van der Waals surface area contributed by atoms with Crippen molar-refractivity contribution in [2.45, 2.75) is 18.6 Å². The first kappa shape index (κ1) is 11.9. The topological polar surface area (TPSA) is 60.7 Å². The highest BCUT2D eigenvalue weighted by molar-refractivity contribution is 5.47. The normalized spacial score (nSPS) is 14.6. The van der Waals surface area contributed by atoms with Crippen molar-refractivity contribution in [1.29, 1.82) is 0 Å². The number of rotatable bonds is 5. The van der Waals surface area contributed by atoms with Gasteiger partial charge in [-0.1, -0.05) is 36.9 Å². The zero-order valence-electron chi connectivity index (χ0n) is 8.50. The summed E-state index contributed by atoms with van der Waals surface area (Å²) in [6.07, 6.45) is 0.0225. The van der Waals surface area contributed by atoms with Gasteiger partial charge in [-0.3, -0.25) is 0 Å². The van der Waals surface area contributed by atoms with Crippen LogP contribution in [0.15, 0.2) is 30.8 Å². The first-order chi connectivity index (χ1) is 7.17.